The standard InChI is InChI=1S/C20H25FN4O/c21-11-16-12-25(18(26)8-4-7-14-5-2-1-3-6-14)13-17(16)20-22-19(23-24-20)15-9-10-15/h1-3,5-6,15-17H,4,7-13H2,(H,22,23,24)/t16-,17-/m1/s1. The first-order chi connectivity index (χ1) is 12.7. The molecule has 2 atom stereocenters. The van der Waals surface area contributed by atoms with E-state index in [-0.39, 0.29) is 17.7 Å². The quantitative estimate of drug-likeness (QED) is 0.829. The predicted octanol–water partition coefficient (Wildman–Crippen LogP) is 3.22. The van der Waals surface area contributed by atoms with E-state index in [0.717, 1.165) is 37.3 Å². The zero-order valence-corrected chi connectivity index (χ0v) is 14.9. The number of nitrogens with zero attached hydrogens (tertiary/aromatic N) is 3. The van der Waals surface area contributed by atoms with Crippen molar-refractivity contribution in [3.05, 3.63) is 47.5 Å². The molecule has 1 aromatic carbocycles. The predicted molar refractivity (Wildman–Crippen MR) is 96.5 cm³/mol. The number of aryl methyl sites for hydroxylation is 1. The van der Waals surface area contributed by atoms with Gasteiger partial charge in [-0.15, -0.1) is 0 Å². The number of likely N-dealkylation sites (tertiary alicyclic amines) is 1. The van der Waals surface area contributed by atoms with Gasteiger partial charge in [-0.2, -0.15) is 5.10 Å². The van der Waals surface area contributed by atoms with Gasteiger partial charge in [0.25, 0.3) is 0 Å². The lowest BCUT2D eigenvalue weighted by molar-refractivity contribution is -0.130. The van der Waals surface area contributed by atoms with Gasteiger partial charge in [0.1, 0.15) is 5.82 Å². The number of alkyl halides is 1. The summed E-state index contributed by atoms with van der Waals surface area (Å²) in [7, 11) is 0. The summed E-state index contributed by atoms with van der Waals surface area (Å²) in [6.07, 6.45) is 4.49. The van der Waals surface area contributed by atoms with Crippen LogP contribution in [0.1, 0.15) is 54.7 Å². The van der Waals surface area contributed by atoms with Gasteiger partial charge in [0.05, 0.1) is 6.67 Å². The Morgan fingerprint density at radius 1 is 1.23 bits per heavy atom. The van der Waals surface area contributed by atoms with Gasteiger partial charge in [-0.25, -0.2) is 4.98 Å². The molecule has 138 valence electrons. The second-order valence-corrected chi connectivity index (χ2v) is 7.51. The fourth-order valence-corrected chi connectivity index (χ4v) is 3.77. The Morgan fingerprint density at radius 3 is 2.77 bits per heavy atom. The molecule has 1 saturated carbocycles. The molecule has 6 heteroatoms. The van der Waals surface area contributed by atoms with E-state index in [9.17, 15) is 9.18 Å². The minimum atomic E-state index is -0.433. The molecule has 1 aliphatic carbocycles. The third kappa shape index (κ3) is 3.79. The number of amides is 1. The molecule has 5 nitrogen and oxygen atoms in total. The van der Waals surface area contributed by atoms with Crippen molar-refractivity contribution >= 4 is 5.91 Å². The summed E-state index contributed by atoms with van der Waals surface area (Å²) in [5, 5.41) is 7.27. The SMILES string of the molecule is O=C(CCCc1ccccc1)N1C[C@@H](CF)[C@H](c2nc(C3CC3)n[nH]2)C1. The van der Waals surface area contributed by atoms with Crippen molar-refractivity contribution in [2.45, 2.75) is 43.9 Å². The minimum absolute atomic E-state index is 0.0712. The van der Waals surface area contributed by atoms with Gasteiger partial charge in [0, 0.05) is 37.3 Å². The Bertz CT molecular complexity index is 743. The van der Waals surface area contributed by atoms with Gasteiger partial charge in [0.15, 0.2) is 5.82 Å². The van der Waals surface area contributed by atoms with Crippen molar-refractivity contribution in [1.82, 2.24) is 20.1 Å². The minimum Gasteiger partial charge on any atom is -0.342 e. The molecule has 2 aromatic rings. The fraction of sp³-hybridized carbons (Fsp3) is 0.550. The summed E-state index contributed by atoms with van der Waals surface area (Å²) in [5.41, 5.74) is 1.25. The number of rotatable bonds is 7. The van der Waals surface area contributed by atoms with E-state index in [1.165, 1.54) is 5.56 Å². The molecular formula is C20H25FN4O. The molecule has 1 amide bonds. The summed E-state index contributed by atoms with van der Waals surface area (Å²) in [4.78, 5) is 18.9. The monoisotopic (exact) mass is 356 g/mol. The molecule has 1 aliphatic heterocycles. The number of carbonyl (C=O) groups excluding carboxylic acids is 1. The zero-order chi connectivity index (χ0) is 17.9. The van der Waals surface area contributed by atoms with Gasteiger partial charge in [-0.1, -0.05) is 30.3 Å². The second-order valence-electron chi connectivity index (χ2n) is 7.51. The van der Waals surface area contributed by atoms with E-state index in [4.69, 9.17) is 0 Å². The van der Waals surface area contributed by atoms with Crippen molar-refractivity contribution in [3.63, 3.8) is 0 Å². The smallest absolute Gasteiger partial charge is 0.222 e. The third-order valence-electron chi connectivity index (χ3n) is 5.50. The van der Waals surface area contributed by atoms with Gasteiger partial charge < -0.3 is 4.90 Å². The van der Waals surface area contributed by atoms with Gasteiger partial charge >= 0.3 is 0 Å². The highest BCUT2D eigenvalue weighted by atomic mass is 19.1. The Hall–Kier alpha value is -2.24. The molecule has 1 aromatic heterocycles. The van der Waals surface area contributed by atoms with Gasteiger partial charge in [-0.3, -0.25) is 14.3 Å². The third-order valence-corrected chi connectivity index (χ3v) is 5.50. The maximum absolute atomic E-state index is 13.5. The van der Waals surface area contributed by atoms with Crippen LogP contribution in [0, 0.1) is 5.92 Å². The number of benzene rings is 1. The first-order valence-corrected chi connectivity index (χ1v) is 9.54. The van der Waals surface area contributed by atoms with Crippen LogP contribution in [0.3, 0.4) is 0 Å². The topological polar surface area (TPSA) is 61.9 Å². The Kier molecular flexibility index (Phi) is 5.00. The number of hydrogen-bond acceptors (Lipinski definition) is 3. The molecule has 0 unspecified atom stereocenters. The number of aromatic nitrogens is 3. The van der Waals surface area contributed by atoms with Crippen LogP contribution in [0.15, 0.2) is 30.3 Å². The maximum Gasteiger partial charge on any atom is 0.222 e. The first-order valence-electron chi connectivity index (χ1n) is 9.54. The summed E-state index contributed by atoms with van der Waals surface area (Å²) in [6, 6.07) is 10.2. The van der Waals surface area contributed by atoms with Crippen LogP contribution in [0.25, 0.3) is 0 Å². The van der Waals surface area contributed by atoms with Crippen LogP contribution in [-0.4, -0.2) is 45.8 Å². The zero-order valence-electron chi connectivity index (χ0n) is 14.9. The normalized spacial score (nSPS) is 22.7. The highest BCUT2D eigenvalue weighted by Crippen LogP contribution is 2.39. The average molecular weight is 356 g/mol. The Balaban J connectivity index is 1.32. The van der Waals surface area contributed by atoms with Crippen LogP contribution < -0.4 is 0 Å². The summed E-state index contributed by atoms with van der Waals surface area (Å²) in [6.45, 7) is 0.584. The average Bonchev–Trinajstić information content (AvgIpc) is 3.24. The first kappa shape index (κ1) is 17.2. The highest BCUT2D eigenvalue weighted by Gasteiger charge is 2.38. The van der Waals surface area contributed by atoms with E-state index < -0.39 is 6.67 Å². The number of H-pyrrole nitrogens is 1. The molecule has 0 bridgehead atoms. The van der Waals surface area contributed by atoms with E-state index in [2.05, 4.69) is 27.3 Å². The number of hydrogen-bond donors (Lipinski definition) is 1. The van der Waals surface area contributed by atoms with Gasteiger partial charge in [0.2, 0.25) is 5.91 Å². The van der Waals surface area contributed by atoms with Crippen molar-refractivity contribution in [1.29, 1.82) is 0 Å². The highest BCUT2D eigenvalue weighted by molar-refractivity contribution is 5.76. The van der Waals surface area contributed by atoms with Crippen molar-refractivity contribution < 1.29 is 9.18 Å². The van der Waals surface area contributed by atoms with Crippen LogP contribution in [0.4, 0.5) is 4.39 Å². The number of aromatic amines is 1. The second kappa shape index (κ2) is 7.56. The van der Waals surface area contributed by atoms with Crippen molar-refractivity contribution in [2.75, 3.05) is 19.8 Å². The molecule has 0 spiro atoms. The molecule has 4 rings (SSSR count). The lowest BCUT2D eigenvalue weighted by Gasteiger charge is -2.16. The number of nitrogens with one attached hydrogen (secondary N) is 1. The molecule has 0 radical (unpaired) electrons. The Labute approximate surface area is 153 Å². The van der Waals surface area contributed by atoms with E-state index in [1.54, 1.807) is 4.90 Å². The molecule has 2 fully saturated rings. The maximum atomic E-state index is 13.5. The van der Waals surface area contributed by atoms with Crippen LogP contribution in [0.5, 0.6) is 0 Å². The molecule has 2 heterocycles. The lowest BCUT2D eigenvalue weighted by atomic mass is 9.97. The largest absolute Gasteiger partial charge is 0.342 e. The van der Waals surface area contributed by atoms with Crippen LogP contribution in [-0.2, 0) is 11.2 Å². The fourth-order valence-electron chi connectivity index (χ4n) is 3.77. The molecular weight excluding hydrogens is 331 g/mol. The summed E-state index contributed by atoms with van der Waals surface area (Å²) < 4.78 is 13.5. The molecule has 26 heavy (non-hydrogen) atoms. The van der Waals surface area contributed by atoms with Crippen molar-refractivity contribution in [2.24, 2.45) is 5.92 Å². The van der Waals surface area contributed by atoms with Crippen molar-refractivity contribution in [3.8, 4) is 0 Å². The molecule has 1 N–H and O–H groups in total. The van der Waals surface area contributed by atoms with Crippen LogP contribution in [0.2, 0.25) is 0 Å². The molecule has 1 saturated heterocycles. The van der Waals surface area contributed by atoms with E-state index in [0.29, 0.717) is 25.4 Å². The number of halogens is 1. The lowest BCUT2D eigenvalue weighted by Crippen LogP contribution is -2.29. The molecule has 2 aliphatic rings. The van der Waals surface area contributed by atoms with E-state index in [1.807, 2.05) is 18.2 Å². The summed E-state index contributed by atoms with van der Waals surface area (Å²) >= 11 is 0. The Morgan fingerprint density at radius 2 is 2.04 bits per heavy atom. The number of carbonyl (C=O) groups is 1. The van der Waals surface area contributed by atoms with Crippen LogP contribution >= 0.6 is 0 Å². The van der Waals surface area contributed by atoms with Gasteiger partial charge in [-0.05, 0) is 31.2 Å². The van der Waals surface area contributed by atoms with E-state index >= 15 is 0 Å². The summed E-state index contributed by atoms with van der Waals surface area (Å²) in [5.74, 6) is 1.93.